The normalized spacial score (nSPS) is 14.4. The Morgan fingerprint density at radius 1 is 1.00 bits per heavy atom. The van der Waals surface area contributed by atoms with Crippen molar-refractivity contribution in [2.45, 2.75) is 13.5 Å². The van der Waals surface area contributed by atoms with Crippen molar-refractivity contribution in [1.29, 1.82) is 5.26 Å². The maximum Gasteiger partial charge on any atom is 0.271 e. The zero-order chi connectivity index (χ0) is 28.9. The fourth-order valence-electron chi connectivity index (χ4n) is 4.50. The Bertz CT molecular complexity index is 1750. The molecular formula is C33H25ClN4O3. The minimum Gasteiger partial charge on any atom is -0.489 e. The Labute approximate surface area is 242 Å². The molecule has 0 saturated carbocycles. The third-order valence-corrected chi connectivity index (χ3v) is 7.05. The average molecular weight is 561 g/mol. The lowest BCUT2D eigenvalue weighted by molar-refractivity contribution is -0.139. The molecule has 5 rings (SSSR count). The van der Waals surface area contributed by atoms with E-state index in [2.05, 4.69) is 6.58 Å². The number of halogens is 1. The molecule has 4 aromatic rings. The second-order valence-electron chi connectivity index (χ2n) is 9.30. The Hall–Kier alpha value is -5.19. The maximum absolute atomic E-state index is 13.4. The van der Waals surface area contributed by atoms with Gasteiger partial charge in [-0.15, -0.1) is 6.58 Å². The summed E-state index contributed by atoms with van der Waals surface area (Å²) in [7, 11) is 0. The molecular weight excluding hydrogens is 536 g/mol. The number of hydrogen-bond acceptors (Lipinski definition) is 5. The van der Waals surface area contributed by atoms with Gasteiger partial charge in [0.05, 0.1) is 11.4 Å². The minimum atomic E-state index is -0.625. The molecule has 0 unspecified atom stereocenters. The van der Waals surface area contributed by atoms with Crippen LogP contribution >= 0.6 is 11.6 Å². The van der Waals surface area contributed by atoms with Crippen LogP contribution in [0.15, 0.2) is 114 Å². The summed E-state index contributed by atoms with van der Waals surface area (Å²) in [5.74, 6) is -0.456. The fraction of sp³-hybridized carbons (Fsp3) is 0.0909. The van der Waals surface area contributed by atoms with Gasteiger partial charge in [0.15, 0.2) is 0 Å². The van der Waals surface area contributed by atoms with Gasteiger partial charge in [-0.05, 0) is 61.0 Å². The molecule has 0 spiro atoms. The second-order valence-corrected chi connectivity index (χ2v) is 9.70. The number of ether oxygens (including phenoxy) is 1. The topological polar surface area (TPSA) is 88.2 Å². The van der Waals surface area contributed by atoms with Gasteiger partial charge in [-0.2, -0.15) is 10.4 Å². The van der Waals surface area contributed by atoms with Gasteiger partial charge in [0.2, 0.25) is 0 Å². The molecule has 1 aliphatic rings. The van der Waals surface area contributed by atoms with Crippen LogP contribution < -0.4 is 4.74 Å². The number of para-hydroxylation sites is 1. The monoisotopic (exact) mass is 560 g/mol. The lowest BCUT2D eigenvalue weighted by Gasteiger charge is -2.26. The number of carbonyl (C=O) groups is 2. The number of benzene rings is 3. The standard InChI is InChI=1S/C33H25ClN4O3/c1-3-17-37-32(39)28(22(2)29(19-35)33(37)40)18-25-20-38(26-10-5-4-6-11-26)36-31(25)23-13-15-27(16-14-23)41-21-24-9-7-8-12-30(24)34/h3-16,18,20H,1,17,21H2,2H3/b28-18+. The predicted octanol–water partition coefficient (Wildman–Crippen LogP) is 6.55. The van der Waals surface area contributed by atoms with Crippen LogP contribution in [-0.2, 0) is 16.2 Å². The molecule has 8 heteroatoms. The minimum absolute atomic E-state index is 0.000737. The maximum atomic E-state index is 13.4. The quantitative estimate of drug-likeness (QED) is 0.138. The SMILES string of the molecule is C=CCN1C(=O)C(C#N)=C(C)/C(=C\c2cn(-c3ccccc3)nc2-c2ccc(OCc3ccccc3Cl)cc2)C1=O. The summed E-state index contributed by atoms with van der Waals surface area (Å²) >= 11 is 6.25. The lowest BCUT2D eigenvalue weighted by atomic mass is 9.93. The summed E-state index contributed by atoms with van der Waals surface area (Å²) < 4.78 is 7.67. The van der Waals surface area contributed by atoms with E-state index in [4.69, 9.17) is 21.4 Å². The van der Waals surface area contributed by atoms with Gasteiger partial charge in [-0.3, -0.25) is 14.5 Å². The Kier molecular flexibility index (Phi) is 7.95. The molecule has 0 radical (unpaired) electrons. The largest absolute Gasteiger partial charge is 0.489 e. The number of aromatic nitrogens is 2. The van der Waals surface area contributed by atoms with Crippen LogP contribution in [0.4, 0.5) is 0 Å². The zero-order valence-corrected chi connectivity index (χ0v) is 23.0. The third kappa shape index (κ3) is 5.60. The van der Waals surface area contributed by atoms with Crippen molar-refractivity contribution < 1.29 is 14.3 Å². The number of hydrogen-bond donors (Lipinski definition) is 0. The van der Waals surface area contributed by atoms with E-state index in [0.717, 1.165) is 21.7 Å². The highest BCUT2D eigenvalue weighted by Crippen LogP contribution is 2.32. The van der Waals surface area contributed by atoms with Crippen LogP contribution in [-0.4, -0.2) is 33.0 Å². The molecule has 41 heavy (non-hydrogen) atoms. The molecule has 1 aliphatic heterocycles. The number of carbonyl (C=O) groups excluding carboxylic acids is 2. The lowest BCUT2D eigenvalue weighted by Crippen LogP contribution is -2.42. The summed E-state index contributed by atoms with van der Waals surface area (Å²) in [5, 5.41) is 15.2. The Morgan fingerprint density at radius 2 is 1.71 bits per heavy atom. The van der Waals surface area contributed by atoms with Gasteiger partial charge < -0.3 is 4.74 Å². The highest BCUT2D eigenvalue weighted by atomic mass is 35.5. The zero-order valence-electron chi connectivity index (χ0n) is 22.3. The highest BCUT2D eigenvalue weighted by molar-refractivity contribution is 6.31. The molecule has 0 N–H and O–H groups in total. The first-order valence-electron chi connectivity index (χ1n) is 12.8. The Morgan fingerprint density at radius 3 is 2.39 bits per heavy atom. The molecule has 7 nitrogen and oxygen atoms in total. The molecule has 2 amide bonds. The first-order valence-corrected chi connectivity index (χ1v) is 13.2. The smallest absolute Gasteiger partial charge is 0.271 e. The van der Waals surface area contributed by atoms with E-state index in [-0.39, 0.29) is 17.7 Å². The van der Waals surface area contributed by atoms with Gasteiger partial charge in [0.25, 0.3) is 11.8 Å². The van der Waals surface area contributed by atoms with E-state index in [1.807, 2.05) is 91.1 Å². The number of nitrogens with zero attached hydrogens (tertiary/aromatic N) is 4. The molecule has 2 heterocycles. The van der Waals surface area contributed by atoms with Crippen LogP contribution in [0.25, 0.3) is 23.0 Å². The fourth-order valence-corrected chi connectivity index (χ4v) is 4.69. The average Bonchev–Trinajstić information content (AvgIpc) is 3.42. The number of amides is 2. The van der Waals surface area contributed by atoms with Crippen molar-refractivity contribution >= 4 is 29.5 Å². The highest BCUT2D eigenvalue weighted by Gasteiger charge is 2.35. The van der Waals surface area contributed by atoms with Crippen LogP contribution in [0, 0.1) is 11.3 Å². The van der Waals surface area contributed by atoms with E-state index >= 15 is 0 Å². The van der Waals surface area contributed by atoms with Crippen LogP contribution in [0.1, 0.15) is 18.1 Å². The van der Waals surface area contributed by atoms with Gasteiger partial charge >= 0.3 is 0 Å². The van der Waals surface area contributed by atoms with Crippen molar-refractivity contribution in [2.75, 3.05) is 6.54 Å². The van der Waals surface area contributed by atoms with Crippen molar-refractivity contribution in [1.82, 2.24) is 14.7 Å². The van der Waals surface area contributed by atoms with E-state index in [1.165, 1.54) is 6.08 Å². The van der Waals surface area contributed by atoms with E-state index in [1.54, 1.807) is 17.7 Å². The number of rotatable bonds is 8. The van der Waals surface area contributed by atoms with Gasteiger partial charge in [0, 0.05) is 40.0 Å². The summed E-state index contributed by atoms with van der Waals surface area (Å²) in [5.41, 5.74) is 4.27. The third-order valence-electron chi connectivity index (χ3n) is 6.68. The molecule has 0 atom stereocenters. The molecule has 0 bridgehead atoms. The van der Waals surface area contributed by atoms with Crippen molar-refractivity contribution in [3.63, 3.8) is 0 Å². The molecule has 1 aromatic heterocycles. The van der Waals surface area contributed by atoms with E-state index in [9.17, 15) is 14.9 Å². The first kappa shape index (κ1) is 27.4. The molecule has 3 aromatic carbocycles. The van der Waals surface area contributed by atoms with Crippen molar-refractivity contribution in [3.8, 4) is 28.8 Å². The van der Waals surface area contributed by atoms with E-state index < -0.39 is 11.8 Å². The second kappa shape index (κ2) is 11.9. The molecule has 0 fully saturated rings. The van der Waals surface area contributed by atoms with Crippen LogP contribution in [0.5, 0.6) is 5.75 Å². The number of imide groups is 1. The van der Waals surface area contributed by atoms with Crippen LogP contribution in [0.3, 0.4) is 0 Å². The molecule has 0 aliphatic carbocycles. The van der Waals surface area contributed by atoms with Gasteiger partial charge in [0.1, 0.15) is 24.0 Å². The summed E-state index contributed by atoms with van der Waals surface area (Å²) in [6.07, 6.45) is 4.96. The molecule has 202 valence electrons. The summed E-state index contributed by atoms with van der Waals surface area (Å²) in [4.78, 5) is 27.2. The van der Waals surface area contributed by atoms with Gasteiger partial charge in [-0.25, -0.2) is 4.68 Å². The number of nitriles is 1. The Balaban J connectivity index is 1.55. The van der Waals surface area contributed by atoms with E-state index in [0.29, 0.717) is 34.2 Å². The predicted molar refractivity (Wildman–Crippen MR) is 158 cm³/mol. The van der Waals surface area contributed by atoms with Gasteiger partial charge in [-0.1, -0.05) is 54.1 Å². The van der Waals surface area contributed by atoms with Crippen LogP contribution in [0.2, 0.25) is 5.02 Å². The first-order chi connectivity index (χ1) is 19.9. The summed E-state index contributed by atoms with van der Waals surface area (Å²) in [6, 6.07) is 26.5. The molecule has 0 saturated heterocycles. The summed E-state index contributed by atoms with van der Waals surface area (Å²) in [6.45, 7) is 5.58. The van der Waals surface area contributed by atoms with Crippen molar-refractivity contribution in [3.05, 3.63) is 131 Å². The van der Waals surface area contributed by atoms with Crippen molar-refractivity contribution in [2.24, 2.45) is 0 Å².